The lowest BCUT2D eigenvalue weighted by atomic mass is 9.98. The van der Waals surface area contributed by atoms with Crippen LogP contribution in [0.15, 0.2) is 48.6 Å². The van der Waals surface area contributed by atoms with E-state index in [2.05, 4.69) is 55.5 Å². The Bertz CT molecular complexity index is 1210. The van der Waals surface area contributed by atoms with E-state index in [-0.39, 0.29) is 19.4 Å². The van der Waals surface area contributed by atoms with E-state index in [4.69, 9.17) is 28.4 Å². The number of unbranched alkanes of at least 4 members (excludes halogenated alkanes) is 8. The Kier molecular flexibility index (Phi) is 27.9. The molecule has 334 valence electrons. The predicted molar refractivity (Wildman–Crippen MR) is 215 cm³/mol. The summed E-state index contributed by atoms with van der Waals surface area (Å²) in [4.78, 5) is 24.8. The van der Waals surface area contributed by atoms with Gasteiger partial charge in [0.1, 0.15) is 55.4 Å². The summed E-state index contributed by atoms with van der Waals surface area (Å²) >= 11 is 0. The van der Waals surface area contributed by atoms with Crippen LogP contribution in [0.4, 0.5) is 0 Å². The monoisotopic (exact) mass is 828 g/mol. The van der Waals surface area contributed by atoms with Crippen LogP contribution in [-0.4, -0.2) is 142 Å². The molecule has 0 bridgehead atoms. The minimum atomic E-state index is -1.76. The third-order valence-electron chi connectivity index (χ3n) is 9.79. The number of hydrogen-bond acceptors (Lipinski definition) is 15. The molecule has 0 saturated carbocycles. The number of carbonyl (C=O) groups excluding carboxylic acids is 2. The highest BCUT2D eigenvalue weighted by Gasteiger charge is 2.47. The molecule has 2 rings (SSSR count). The van der Waals surface area contributed by atoms with Crippen molar-refractivity contribution in [1.29, 1.82) is 0 Å². The molecule has 0 radical (unpaired) electrons. The van der Waals surface area contributed by atoms with E-state index in [0.29, 0.717) is 12.8 Å². The largest absolute Gasteiger partial charge is 0.462 e. The van der Waals surface area contributed by atoms with Gasteiger partial charge in [0.05, 0.1) is 19.8 Å². The number of hydrogen-bond donors (Lipinski definition) is 7. The molecule has 7 N–H and O–H groups in total. The molecule has 0 aliphatic carbocycles. The van der Waals surface area contributed by atoms with Crippen molar-refractivity contribution in [3.8, 4) is 0 Å². The van der Waals surface area contributed by atoms with E-state index in [1.54, 1.807) is 0 Å². The summed E-state index contributed by atoms with van der Waals surface area (Å²) in [7, 11) is 0. The average molecular weight is 829 g/mol. The van der Waals surface area contributed by atoms with Gasteiger partial charge in [0.2, 0.25) is 0 Å². The fraction of sp³-hybridized carbons (Fsp3) is 0.767. The Morgan fingerprint density at radius 2 is 1.09 bits per heavy atom. The van der Waals surface area contributed by atoms with Crippen LogP contribution in [0.25, 0.3) is 0 Å². The fourth-order valence-corrected chi connectivity index (χ4v) is 6.30. The first-order chi connectivity index (χ1) is 28.0. The van der Waals surface area contributed by atoms with Gasteiger partial charge < -0.3 is 64.2 Å². The Labute approximate surface area is 344 Å². The number of esters is 2. The summed E-state index contributed by atoms with van der Waals surface area (Å²) < 4.78 is 32.9. The fourth-order valence-electron chi connectivity index (χ4n) is 6.30. The predicted octanol–water partition coefficient (Wildman–Crippen LogP) is 3.59. The van der Waals surface area contributed by atoms with Crippen LogP contribution in [0.1, 0.15) is 117 Å². The molecular weight excluding hydrogens is 756 g/mol. The third-order valence-corrected chi connectivity index (χ3v) is 9.79. The van der Waals surface area contributed by atoms with Crippen molar-refractivity contribution >= 4 is 11.9 Å². The molecule has 15 heteroatoms. The summed E-state index contributed by atoms with van der Waals surface area (Å²) in [6.07, 6.45) is 15.0. The number of aliphatic hydroxyl groups is 7. The second-order valence-electron chi connectivity index (χ2n) is 14.8. The highest BCUT2D eigenvalue weighted by atomic mass is 16.7. The first-order valence-electron chi connectivity index (χ1n) is 21.2. The van der Waals surface area contributed by atoms with Gasteiger partial charge in [-0.1, -0.05) is 101 Å². The van der Waals surface area contributed by atoms with Gasteiger partial charge in [-0.2, -0.15) is 0 Å². The van der Waals surface area contributed by atoms with Gasteiger partial charge in [0, 0.05) is 12.8 Å². The molecule has 2 heterocycles. The molecule has 58 heavy (non-hydrogen) atoms. The minimum Gasteiger partial charge on any atom is -0.462 e. The van der Waals surface area contributed by atoms with Crippen molar-refractivity contribution < 1.29 is 73.8 Å². The van der Waals surface area contributed by atoms with Crippen LogP contribution in [0.5, 0.6) is 0 Å². The minimum absolute atomic E-state index is 0.152. The van der Waals surface area contributed by atoms with Crippen LogP contribution >= 0.6 is 0 Å². The molecule has 0 aromatic heterocycles. The van der Waals surface area contributed by atoms with Crippen LogP contribution in [0, 0.1) is 0 Å². The Morgan fingerprint density at radius 3 is 1.67 bits per heavy atom. The molecule has 0 aromatic rings. The normalized spacial score (nSPS) is 28.6. The molecule has 15 nitrogen and oxygen atoms in total. The summed E-state index contributed by atoms with van der Waals surface area (Å²) in [5, 5.41) is 71.3. The maximum atomic E-state index is 12.8. The smallest absolute Gasteiger partial charge is 0.306 e. The Morgan fingerprint density at radius 1 is 0.569 bits per heavy atom. The molecular formula is C43H72O15. The zero-order valence-electron chi connectivity index (χ0n) is 34.5. The first kappa shape index (κ1) is 51.6. The molecule has 2 aliphatic rings. The summed E-state index contributed by atoms with van der Waals surface area (Å²) in [6.45, 7) is 2.03. The third kappa shape index (κ3) is 20.6. The van der Waals surface area contributed by atoms with Crippen LogP contribution in [-0.2, 0) is 38.0 Å². The Hall–Kier alpha value is -2.54. The van der Waals surface area contributed by atoms with Crippen molar-refractivity contribution in [2.24, 2.45) is 0 Å². The summed E-state index contributed by atoms with van der Waals surface area (Å²) in [5.41, 5.74) is 0. The van der Waals surface area contributed by atoms with E-state index in [9.17, 15) is 45.3 Å². The second kappa shape index (κ2) is 31.4. The van der Waals surface area contributed by atoms with Gasteiger partial charge in [-0.25, -0.2) is 0 Å². The van der Waals surface area contributed by atoms with E-state index < -0.39 is 99.3 Å². The second-order valence-corrected chi connectivity index (χ2v) is 14.8. The average Bonchev–Trinajstić information content (AvgIpc) is 3.21. The van der Waals surface area contributed by atoms with Crippen molar-refractivity contribution in [3.63, 3.8) is 0 Å². The highest BCUT2D eigenvalue weighted by molar-refractivity contribution is 5.70. The molecule has 2 aliphatic heterocycles. The van der Waals surface area contributed by atoms with Crippen molar-refractivity contribution in [2.75, 3.05) is 26.4 Å². The number of ether oxygens (including phenoxy) is 6. The number of allylic oxidation sites excluding steroid dienone is 8. The topological polar surface area (TPSA) is 231 Å². The molecule has 11 atom stereocenters. The van der Waals surface area contributed by atoms with E-state index in [1.165, 1.54) is 19.3 Å². The van der Waals surface area contributed by atoms with E-state index >= 15 is 0 Å². The van der Waals surface area contributed by atoms with Gasteiger partial charge in [-0.3, -0.25) is 9.59 Å². The van der Waals surface area contributed by atoms with Crippen molar-refractivity contribution in [1.82, 2.24) is 0 Å². The summed E-state index contributed by atoms with van der Waals surface area (Å²) in [5.74, 6) is -1.00. The van der Waals surface area contributed by atoms with Gasteiger partial charge in [-0.15, -0.1) is 0 Å². The van der Waals surface area contributed by atoms with E-state index in [1.807, 2.05) is 6.92 Å². The highest BCUT2D eigenvalue weighted by Crippen LogP contribution is 2.26. The van der Waals surface area contributed by atoms with Gasteiger partial charge in [0.25, 0.3) is 0 Å². The quantitative estimate of drug-likeness (QED) is 0.0312. The molecule has 0 aromatic carbocycles. The zero-order chi connectivity index (χ0) is 42.5. The number of aliphatic hydroxyl groups excluding tert-OH is 7. The maximum Gasteiger partial charge on any atom is 0.306 e. The molecule has 11 unspecified atom stereocenters. The van der Waals surface area contributed by atoms with Crippen molar-refractivity contribution in [3.05, 3.63) is 48.6 Å². The molecule has 2 saturated heterocycles. The van der Waals surface area contributed by atoms with Crippen molar-refractivity contribution in [2.45, 2.75) is 184 Å². The lowest BCUT2D eigenvalue weighted by molar-refractivity contribution is -0.332. The van der Waals surface area contributed by atoms with Gasteiger partial charge in [-0.05, 0) is 51.4 Å². The Balaban J connectivity index is 1.69. The molecule has 0 amide bonds. The SMILES string of the molecule is CC/C=C\C/C=C\C/C=C\C/C=C\CCCCCCCCCCC(=O)OC(COC(=O)CCC)COC1OC(COC2OC(CO)C(O)C(O)C2O)C(O)C(O)C1O. The summed E-state index contributed by atoms with van der Waals surface area (Å²) in [6, 6.07) is 0. The molecule has 2 fully saturated rings. The standard InChI is InChI=1S/C43H72O15/c1-3-5-6-7-8-9-10-11-12-13-14-15-16-17-18-19-20-21-22-23-24-26-35(46)56-31(28-53-34(45)25-4-2)29-54-42-41(52)39(50)37(48)33(58-42)30-55-43-40(51)38(49)36(47)32(27-44)57-43/h5-6,8-9,11-12,14-15,31-33,36-44,47-52H,3-4,7,10,13,16-30H2,1-2H3/b6-5-,9-8-,12-11-,15-14-. The van der Waals surface area contributed by atoms with Gasteiger partial charge >= 0.3 is 11.9 Å². The first-order valence-corrected chi connectivity index (χ1v) is 21.2. The lowest BCUT2D eigenvalue weighted by Gasteiger charge is -2.42. The lowest BCUT2D eigenvalue weighted by Crippen LogP contribution is -2.61. The van der Waals surface area contributed by atoms with Crippen LogP contribution in [0.3, 0.4) is 0 Å². The number of carbonyl (C=O) groups is 2. The van der Waals surface area contributed by atoms with Crippen LogP contribution < -0.4 is 0 Å². The van der Waals surface area contributed by atoms with E-state index in [0.717, 1.165) is 57.8 Å². The molecule has 0 spiro atoms. The van der Waals surface area contributed by atoms with Crippen LogP contribution in [0.2, 0.25) is 0 Å². The maximum absolute atomic E-state index is 12.8. The zero-order valence-corrected chi connectivity index (χ0v) is 34.5. The number of rotatable bonds is 30. The van der Waals surface area contributed by atoms with Gasteiger partial charge in [0.15, 0.2) is 18.7 Å².